The summed E-state index contributed by atoms with van der Waals surface area (Å²) in [4.78, 5) is 16.0. The topological polar surface area (TPSA) is 46.9 Å². The lowest BCUT2D eigenvalue weighted by Gasteiger charge is -2.08. The average molecular weight is 322 g/mol. The van der Waals surface area contributed by atoms with E-state index >= 15 is 0 Å². The fraction of sp³-hybridized carbons (Fsp3) is 0.0667. The van der Waals surface area contributed by atoms with Crippen LogP contribution in [0.5, 0.6) is 0 Å². The molecule has 0 unspecified atom stereocenters. The van der Waals surface area contributed by atoms with Gasteiger partial charge in [-0.2, -0.15) is 0 Å². The lowest BCUT2D eigenvalue weighted by molar-refractivity contribution is -0.116. The molecule has 1 aromatic heterocycles. The molecule has 1 N–H and O–H groups in total. The molecule has 0 saturated heterocycles. The fourth-order valence-electron chi connectivity index (χ4n) is 2.09. The Bertz CT molecular complexity index is 863. The van der Waals surface area contributed by atoms with Crippen molar-refractivity contribution in [2.24, 2.45) is 0 Å². The van der Waals surface area contributed by atoms with Gasteiger partial charge in [0.15, 0.2) is 11.6 Å². The smallest absolute Gasteiger partial charge is 0.244 e. The molecule has 4 nitrogen and oxygen atoms in total. The number of aromatic nitrogens is 2. The van der Waals surface area contributed by atoms with E-state index in [0.29, 0.717) is 16.2 Å². The highest BCUT2D eigenvalue weighted by atomic mass is 35.5. The molecule has 3 aromatic rings. The molecule has 3 rings (SSSR count). The molecule has 0 atom stereocenters. The second-order valence-corrected chi connectivity index (χ2v) is 5.06. The molecule has 22 heavy (non-hydrogen) atoms. The number of anilines is 1. The zero-order valence-corrected chi connectivity index (χ0v) is 11.9. The number of carbonyl (C=O) groups excluding carboxylic acids is 1. The van der Waals surface area contributed by atoms with Gasteiger partial charge in [-0.15, -0.1) is 0 Å². The summed E-state index contributed by atoms with van der Waals surface area (Å²) in [7, 11) is 0. The van der Waals surface area contributed by atoms with Gasteiger partial charge in [0.05, 0.1) is 28.1 Å². The van der Waals surface area contributed by atoms with Crippen LogP contribution >= 0.6 is 11.6 Å². The Kier molecular flexibility index (Phi) is 3.77. The van der Waals surface area contributed by atoms with Crippen molar-refractivity contribution in [1.82, 2.24) is 9.55 Å². The summed E-state index contributed by atoms with van der Waals surface area (Å²) in [6, 6.07) is 8.82. The quantitative estimate of drug-likeness (QED) is 0.801. The lowest BCUT2D eigenvalue weighted by atomic mass is 10.3. The van der Waals surface area contributed by atoms with E-state index in [0.717, 1.165) is 12.1 Å². The maximum atomic E-state index is 13.3. The second kappa shape index (κ2) is 5.73. The van der Waals surface area contributed by atoms with E-state index in [4.69, 9.17) is 11.6 Å². The highest BCUT2D eigenvalue weighted by molar-refractivity contribution is 6.33. The Morgan fingerprint density at radius 1 is 1.23 bits per heavy atom. The number of hydrogen-bond donors (Lipinski definition) is 1. The van der Waals surface area contributed by atoms with Crippen LogP contribution in [0.25, 0.3) is 11.0 Å². The first kappa shape index (κ1) is 14.5. The summed E-state index contributed by atoms with van der Waals surface area (Å²) < 4.78 is 27.9. The van der Waals surface area contributed by atoms with E-state index in [9.17, 15) is 13.6 Å². The standard InChI is InChI=1S/C15H10ClF2N3O/c16-9-3-1-2-4-12(9)20-15(22)7-21-8-19-13-5-10(17)11(18)6-14(13)21/h1-6,8H,7H2,(H,20,22). The van der Waals surface area contributed by atoms with Crippen LogP contribution in [-0.4, -0.2) is 15.5 Å². The van der Waals surface area contributed by atoms with Gasteiger partial charge in [-0.1, -0.05) is 23.7 Å². The number of benzene rings is 2. The van der Waals surface area contributed by atoms with Crippen molar-refractivity contribution in [3.05, 3.63) is 59.4 Å². The van der Waals surface area contributed by atoms with Crippen molar-refractivity contribution < 1.29 is 13.6 Å². The molecule has 0 aliphatic heterocycles. The van der Waals surface area contributed by atoms with Gasteiger partial charge in [0.2, 0.25) is 5.91 Å². The van der Waals surface area contributed by atoms with E-state index in [2.05, 4.69) is 10.3 Å². The summed E-state index contributed by atoms with van der Waals surface area (Å²) in [6.45, 7) is -0.0905. The van der Waals surface area contributed by atoms with E-state index in [1.54, 1.807) is 24.3 Å². The first-order valence-electron chi connectivity index (χ1n) is 6.39. The molecule has 112 valence electrons. The van der Waals surface area contributed by atoms with Gasteiger partial charge in [0.25, 0.3) is 0 Å². The van der Waals surface area contributed by atoms with Gasteiger partial charge in [-0.3, -0.25) is 4.79 Å². The Morgan fingerprint density at radius 2 is 1.95 bits per heavy atom. The van der Waals surface area contributed by atoms with Crippen LogP contribution in [-0.2, 0) is 11.3 Å². The first-order chi connectivity index (χ1) is 10.5. The number of halogens is 3. The van der Waals surface area contributed by atoms with Crippen molar-refractivity contribution in [2.45, 2.75) is 6.54 Å². The highest BCUT2D eigenvalue weighted by Gasteiger charge is 2.12. The van der Waals surface area contributed by atoms with E-state index in [1.807, 2.05) is 0 Å². The third kappa shape index (κ3) is 2.78. The van der Waals surface area contributed by atoms with Crippen LogP contribution in [0.15, 0.2) is 42.7 Å². The van der Waals surface area contributed by atoms with Gasteiger partial charge in [-0.05, 0) is 12.1 Å². The molecule has 0 spiro atoms. The van der Waals surface area contributed by atoms with Crippen molar-refractivity contribution in [1.29, 1.82) is 0 Å². The van der Waals surface area contributed by atoms with Crippen LogP contribution in [0.3, 0.4) is 0 Å². The van der Waals surface area contributed by atoms with Crippen molar-refractivity contribution in [2.75, 3.05) is 5.32 Å². The van der Waals surface area contributed by atoms with Gasteiger partial charge in [-0.25, -0.2) is 13.8 Å². The Labute approximate surface area is 129 Å². The number of imidazole rings is 1. The summed E-state index contributed by atoms with van der Waals surface area (Å²) in [5, 5.41) is 3.07. The van der Waals surface area contributed by atoms with Gasteiger partial charge in [0.1, 0.15) is 6.54 Å². The summed E-state index contributed by atoms with van der Waals surface area (Å²) >= 11 is 5.96. The minimum Gasteiger partial charge on any atom is -0.323 e. The van der Waals surface area contributed by atoms with Crippen LogP contribution < -0.4 is 5.32 Å². The van der Waals surface area contributed by atoms with E-state index in [1.165, 1.54) is 10.9 Å². The molecule has 7 heteroatoms. The zero-order valence-electron chi connectivity index (χ0n) is 11.2. The molecule has 1 amide bonds. The monoisotopic (exact) mass is 321 g/mol. The third-order valence-corrected chi connectivity index (χ3v) is 3.45. The van der Waals surface area contributed by atoms with E-state index in [-0.39, 0.29) is 18.0 Å². The second-order valence-electron chi connectivity index (χ2n) is 4.66. The predicted octanol–water partition coefficient (Wildman–Crippen LogP) is 3.61. The van der Waals surface area contributed by atoms with Crippen LogP contribution in [0.2, 0.25) is 5.02 Å². The minimum absolute atomic E-state index is 0.0905. The molecule has 0 radical (unpaired) electrons. The fourth-order valence-corrected chi connectivity index (χ4v) is 2.27. The van der Waals surface area contributed by atoms with Crippen LogP contribution in [0, 0.1) is 11.6 Å². The van der Waals surface area contributed by atoms with Crippen LogP contribution in [0.1, 0.15) is 0 Å². The van der Waals surface area contributed by atoms with E-state index < -0.39 is 11.6 Å². The molecule has 2 aromatic carbocycles. The van der Waals surface area contributed by atoms with Crippen molar-refractivity contribution in [3.63, 3.8) is 0 Å². The molecular formula is C15H10ClF2N3O. The number of nitrogens with zero attached hydrogens (tertiary/aromatic N) is 2. The lowest BCUT2D eigenvalue weighted by Crippen LogP contribution is -2.18. The number of para-hydroxylation sites is 1. The normalized spacial score (nSPS) is 10.9. The number of hydrogen-bond acceptors (Lipinski definition) is 2. The Balaban J connectivity index is 1.83. The molecule has 0 saturated carbocycles. The molecular weight excluding hydrogens is 312 g/mol. The maximum absolute atomic E-state index is 13.3. The minimum atomic E-state index is -0.985. The van der Waals surface area contributed by atoms with Gasteiger partial charge in [0, 0.05) is 12.1 Å². The SMILES string of the molecule is O=C(Cn1cnc2cc(F)c(F)cc21)Nc1ccccc1Cl. The van der Waals surface area contributed by atoms with Crippen molar-refractivity contribution >= 4 is 34.2 Å². The summed E-state index contributed by atoms with van der Waals surface area (Å²) in [5.74, 6) is -2.31. The maximum Gasteiger partial charge on any atom is 0.244 e. The largest absolute Gasteiger partial charge is 0.323 e. The number of nitrogens with one attached hydrogen (secondary N) is 1. The van der Waals surface area contributed by atoms with Gasteiger partial charge < -0.3 is 9.88 Å². The number of carbonyl (C=O) groups is 1. The third-order valence-electron chi connectivity index (χ3n) is 3.13. The average Bonchev–Trinajstić information content (AvgIpc) is 2.84. The highest BCUT2D eigenvalue weighted by Crippen LogP contribution is 2.21. The van der Waals surface area contributed by atoms with Crippen molar-refractivity contribution in [3.8, 4) is 0 Å². The van der Waals surface area contributed by atoms with Gasteiger partial charge >= 0.3 is 0 Å². The molecule has 0 fully saturated rings. The summed E-state index contributed by atoms with van der Waals surface area (Å²) in [5.41, 5.74) is 1.11. The molecule has 0 aliphatic carbocycles. The predicted molar refractivity (Wildman–Crippen MR) is 79.7 cm³/mol. The summed E-state index contributed by atoms with van der Waals surface area (Å²) in [6.07, 6.45) is 1.36. The Hall–Kier alpha value is -2.47. The molecule has 0 bridgehead atoms. The molecule has 0 aliphatic rings. The first-order valence-corrected chi connectivity index (χ1v) is 6.76. The Morgan fingerprint density at radius 3 is 2.73 bits per heavy atom. The zero-order chi connectivity index (χ0) is 15.7. The number of fused-ring (bicyclic) bond motifs is 1. The number of rotatable bonds is 3. The number of amides is 1. The van der Waals surface area contributed by atoms with Crippen LogP contribution in [0.4, 0.5) is 14.5 Å². The molecule has 1 heterocycles.